The monoisotopic (exact) mass is 895 g/mol. The van der Waals surface area contributed by atoms with Gasteiger partial charge in [0.05, 0.1) is 0 Å². The summed E-state index contributed by atoms with van der Waals surface area (Å²) in [6.07, 6.45) is 0. The van der Waals surface area contributed by atoms with Crippen molar-refractivity contribution in [2.75, 3.05) is 9.80 Å². The van der Waals surface area contributed by atoms with E-state index >= 15 is 0 Å². The standard InChI is InChI=1S/C65H75BN2/c1-38-24-41(4)59(42(5)25-38)45-20-22-53-55(30-45)67(51-34-47(62(8,9)10)32-48(35-51)63(11,12)13)57-28-40(3)29-58-61(57)66(53)54-23-21-46(60-43(6)26-39(2)27-44(60)7)31-56(54)68(58)52-36-49(64(14,15)16)33-50(37-52)65(17,18)19/h20-37H,1-19H3. The summed E-state index contributed by atoms with van der Waals surface area (Å²) in [6, 6.07) is 44.0. The normalized spacial score (nSPS) is 13.7. The smallest absolute Gasteiger partial charge is 0.252 e. The first-order valence-corrected chi connectivity index (χ1v) is 25.1. The van der Waals surface area contributed by atoms with Crippen LogP contribution in [0.1, 0.15) is 144 Å². The lowest BCUT2D eigenvalue weighted by atomic mass is 9.33. The highest BCUT2D eigenvalue weighted by molar-refractivity contribution is 7.00. The first-order chi connectivity index (χ1) is 31.6. The van der Waals surface area contributed by atoms with Crippen molar-refractivity contribution >= 4 is 57.2 Å². The third-order valence-electron chi connectivity index (χ3n) is 15.0. The molecule has 0 aliphatic carbocycles. The number of rotatable bonds is 4. The molecule has 2 nitrogen and oxygen atoms in total. The molecular formula is C65H75BN2. The van der Waals surface area contributed by atoms with E-state index in [-0.39, 0.29) is 28.4 Å². The summed E-state index contributed by atoms with van der Waals surface area (Å²) in [6.45, 7) is 44.1. The van der Waals surface area contributed by atoms with Gasteiger partial charge in [0.15, 0.2) is 0 Å². The first kappa shape index (κ1) is 47.3. The lowest BCUT2D eigenvalue weighted by Gasteiger charge is -2.45. The first-order valence-electron chi connectivity index (χ1n) is 25.1. The number of benzene rings is 7. The van der Waals surface area contributed by atoms with Gasteiger partial charge in [-0.3, -0.25) is 0 Å². The molecule has 348 valence electrons. The Kier molecular flexibility index (Phi) is 11.2. The molecule has 0 bridgehead atoms. The molecule has 7 aromatic rings. The van der Waals surface area contributed by atoms with E-state index in [9.17, 15) is 0 Å². The maximum Gasteiger partial charge on any atom is 0.252 e. The van der Waals surface area contributed by atoms with Gasteiger partial charge in [-0.15, -0.1) is 0 Å². The van der Waals surface area contributed by atoms with Crippen LogP contribution in [0.15, 0.2) is 109 Å². The molecule has 0 saturated heterocycles. The van der Waals surface area contributed by atoms with Crippen molar-refractivity contribution < 1.29 is 0 Å². The van der Waals surface area contributed by atoms with Crippen LogP contribution < -0.4 is 26.2 Å². The van der Waals surface area contributed by atoms with Crippen molar-refractivity contribution in [2.24, 2.45) is 0 Å². The molecule has 3 heteroatoms. The number of nitrogens with zero attached hydrogens (tertiary/aromatic N) is 2. The van der Waals surface area contributed by atoms with Gasteiger partial charge in [0, 0.05) is 34.1 Å². The molecule has 0 unspecified atom stereocenters. The zero-order valence-electron chi connectivity index (χ0n) is 44.9. The minimum Gasteiger partial charge on any atom is -0.311 e. The molecule has 0 aromatic heterocycles. The Morgan fingerprint density at radius 3 is 0.912 bits per heavy atom. The van der Waals surface area contributed by atoms with E-state index in [0.717, 1.165) is 0 Å². The Morgan fingerprint density at radius 2 is 0.618 bits per heavy atom. The van der Waals surface area contributed by atoms with E-state index in [1.165, 1.54) is 134 Å². The molecule has 0 radical (unpaired) electrons. The van der Waals surface area contributed by atoms with Crippen LogP contribution in [-0.4, -0.2) is 6.71 Å². The Hall–Kier alpha value is -5.80. The molecule has 0 N–H and O–H groups in total. The lowest BCUT2D eigenvalue weighted by Crippen LogP contribution is -2.61. The van der Waals surface area contributed by atoms with Crippen LogP contribution in [0.5, 0.6) is 0 Å². The topological polar surface area (TPSA) is 6.48 Å². The molecule has 0 atom stereocenters. The largest absolute Gasteiger partial charge is 0.311 e. The summed E-state index contributed by atoms with van der Waals surface area (Å²) in [4.78, 5) is 5.29. The van der Waals surface area contributed by atoms with Crippen LogP contribution in [-0.2, 0) is 21.7 Å². The van der Waals surface area contributed by atoms with E-state index in [0.29, 0.717) is 0 Å². The van der Waals surface area contributed by atoms with E-state index in [4.69, 9.17) is 0 Å². The number of anilines is 6. The lowest BCUT2D eigenvalue weighted by molar-refractivity contribution is 0.568. The summed E-state index contributed by atoms with van der Waals surface area (Å²) in [5.74, 6) is 0. The second-order valence-corrected chi connectivity index (χ2v) is 25.0. The molecule has 0 spiro atoms. The maximum absolute atomic E-state index is 2.65. The highest BCUT2D eigenvalue weighted by atomic mass is 15.2. The highest BCUT2D eigenvalue weighted by Gasteiger charge is 2.44. The number of aryl methyl sites for hydroxylation is 7. The summed E-state index contributed by atoms with van der Waals surface area (Å²) in [7, 11) is 0. The Bertz CT molecular complexity index is 2870. The fourth-order valence-corrected chi connectivity index (χ4v) is 11.5. The molecule has 7 aromatic carbocycles. The SMILES string of the molecule is Cc1cc(C)c(-c2ccc3c(c2)N(c2cc(C(C)(C)C)cc(C(C)(C)C)c2)c2cc(C)cc4c2B3c2ccc(-c3c(C)cc(C)cc3C)cc2N4c2cc(C(C)(C)C)cc(C(C)(C)C)c2)c(C)c1. The molecule has 0 fully saturated rings. The zero-order chi connectivity index (χ0) is 49.3. The van der Waals surface area contributed by atoms with Crippen LogP contribution >= 0.6 is 0 Å². The van der Waals surface area contributed by atoms with Gasteiger partial charge in [-0.05, 0) is 207 Å². The third kappa shape index (κ3) is 8.22. The summed E-state index contributed by atoms with van der Waals surface area (Å²) >= 11 is 0. The number of hydrogen-bond donors (Lipinski definition) is 0. The van der Waals surface area contributed by atoms with Crippen LogP contribution in [0, 0.1) is 48.5 Å². The summed E-state index contributed by atoms with van der Waals surface area (Å²) in [5, 5.41) is 0. The van der Waals surface area contributed by atoms with Gasteiger partial charge in [0.1, 0.15) is 0 Å². The van der Waals surface area contributed by atoms with Gasteiger partial charge in [-0.2, -0.15) is 0 Å². The Balaban J connectivity index is 1.43. The molecule has 2 heterocycles. The molecule has 0 saturated carbocycles. The second-order valence-electron chi connectivity index (χ2n) is 25.0. The van der Waals surface area contributed by atoms with Crippen LogP contribution in [0.2, 0.25) is 0 Å². The molecule has 0 amide bonds. The van der Waals surface area contributed by atoms with E-state index in [1.807, 2.05) is 0 Å². The molecule has 2 aliphatic heterocycles. The van der Waals surface area contributed by atoms with Crippen molar-refractivity contribution in [3.8, 4) is 22.3 Å². The van der Waals surface area contributed by atoms with E-state index in [1.54, 1.807) is 0 Å². The fraction of sp³-hybridized carbons (Fsp3) is 0.354. The van der Waals surface area contributed by atoms with Crippen molar-refractivity contribution in [3.63, 3.8) is 0 Å². The minimum absolute atomic E-state index is 0.00222. The van der Waals surface area contributed by atoms with Gasteiger partial charge in [-0.25, -0.2) is 0 Å². The van der Waals surface area contributed by atoms with E-state index < -0.39 is 0 Å². The zero-order valence-corrected chi connectivity index (χ0v) is 44.9. The minimum atomic E-state index is -0.0500. The van der Waals surface area contributed by atoms with Gasteiger partial charge >= 0.3 is 0 Å². The fourth-order valence-electron chi connectivity index (χ4n) is 11.5. The van der Waals surface area contributed by atoms with Crippen molar-refractivity contribution in [1.82, 2.24) is 0 Å². The Morgan fingerprint density at radius 1 is 0.324 bits per heavy atom. The van der Waals surface area contributed by atoms with Crippen LogP contribution in [0.3, 0.4) is 0 Å². The second kappa shape index (κ2) is 16.1. The van der Waals surface area contributed by atoms with Crippen molar-refractivity contribution in [2.45, 2.75) is 153 Å². The maximum atomic E-state index is 2.65. The quantitative estimate of drug-likeness (QED) is 0.162. The molecule has 68 heavy (non-hydrogen) atoms. The van der Waals surface area contributed by atoms with Crippen molar-refractivity contribution in [1.29, 1.82) is 0 Å². The predicted molar refractivity (Wildman–Crippen MR) is 299 cm³/mol. The van der Waals surface area contributed by atoms with Gasteiger partial charge in [0.25, 0.3) is 6.71 Å². The van der Waals surface area contributed by atoms with Crippen LogP contribution in [0.4, 0.5) is 34.1 Å². The average molecular weight is 895 g/mol. The van der Waals surface area contributed by atoms with Gasteiger partial charge < -0.3 is 9.80 Å². The summed E-state index contributed by atoms with van der Waals surface area (Å²) in [5.41, 5.74) is 30.9. The molecular weight excluding hydrogens is 820 g/mol. The van der Waals surface area contributed by atoms with E-state index in [2.05, 4.69) is 251 Å². The number of fused-ring (bicyclic) bond motifs is 4. The number of hydrogen-bond acceptors (Lipinski definition) is 2. The summed E-state index contributed by atoms with van der Waals surface area (Å²) < 4.78 is 0. The van der Waals surface area contributed by atoms with Gasteiger partial charge in [-0.1, -0.05) is 155 Å². The predicted octanol–water partition coefficient (Wildman–Crippen LogP) is 16.5. The highest BCUT2D eigenvalue weighted by Crippen LogP contribution is 2.49. The average Bonchev–Trinajstić information content (AvgIpc) is 3.21. The molecule has 9 rings (SSSR count). The van der Waals surface area contributed by atoms with Crippen molar-refractivity contribution in [3.05, 3.63) is 170 Å². The third-order valence-corrected chi connectivity index (χ3v) is 15.0. The van der Waals surface area contributed by atoms with Crippen LogP contribution in [0.25, 0.3) is 22.3 Å². The molecule has 2 aliphatic rings. The van der Waals surface area contributed by atoms with Gasteiger partial charge in [0.2, 0.25) is 0 Å². The Labute approximate surface area is 410 Å².